The largest absolute Gasteiger partial charge is 0.571 e. The molecule has 254 valence electrons. The Morgan fingerprint density at radius 2 is 1.33 bits per heavy atom. The summed E-state index contributed by atoms with van der Waals surface area (Å²) < 4.78 is 38.3. The number of methoxy groups -OCH3 is 2. The average molecular weight is 658 g/mol. The third kappa shape index (κ3) is 6.21. The predicted molar refractivity (Wildman–Crippen MR) is 151 cm³/mol. The summed E-state index contributed by atoms with van der Waals surface area (Å²) in [6, 6.07) is 5.21. The van der Waals surface area contributed by atoms with E-state index in [9.17, 15) is 51.1 Å². The van der Waals surface area contributed by atoms with Crippen LogP contribution in [0.4, 0.5) is 0 Å². The molecule has 11 N–H and O–H groups in total. The molecular weight excluding hydrogens is 620 g/mol. The Kier molecular flexibility index (Phi) is 9.99. The van der Waals surface area contributed by atoms with Crippen molar-refractivity contribution < 1.29 is 84.2 Å². The van der Waals surface area contributed by atoms with Gasteiger partial charge in [0.1, 0.15) is 59.8 Å². The summed E-state index contributed by atoms with van der Waals surface area (Å²) in [4.78, 5) is 0. The molecule has 3 aliphatic rings. The molecule has 0 aliphatic carbocycles. The van der Waals surface area contributed by atoms with Gasteiger partial charge < -0.3 is 84.2 Å². The minimum Gasteiger partial charge on any atom is -0.571 e. The van der Waals surface area contributed by atoms with Gasteiger partial charge in [-0.1, -0.05) is 0 Å². The molecule has 17 nitrogen and oxygen atoms in total. The lowest BCUT2D eigenvalue weighted by Crippen LogP contribution is -2.64. The Balaban J connectivity index is 1.55. The van der Waals surface area contributed by atoms with Crippen molar-refractivity contribution in [2.45, 2.75) is 67.5 Å². The van der Waals surface area contributed by atoms with Gasteiger partial charge in [0.2, 0.25) is 12.0 Å². The number of fused-ring (bicyclic) bond motifs is 1. The molecule has 11 atom stereocenters. The summed E-state index contributed by atoms with van der Waals surface area (Å²) in [5, 5.41) is 103. The van der Waals surface area contributed by atoms with Crippen molar-refractivity contribution in [3.63, 3.8) is 0 Å². The highest BCUT2D eigenvalue weighted by molar-refractivity contribution is 5.69. The molecule has 0 aromatic heterocycles. The van der Waals surface area contributed by atoms with E-state index in [1.165, 1.54) is 38.5 Å². The van der Waals surface area contributed by atoms with Crippen LogP contribution in [-0.4, -0.2) is 145 Å². The predicted octanol–water partition coefficient (Wildman–Crippen LogP) is -2.20. The third-order valence-electron chi connectivity index (χ3n) is 7.98. The Hall–Kier alpha value is -3.62. The average Bonchev–Trinajstić information content (AvgIpc) is 3.04. The molecule has 46 heavy (non-hydrogen) atoms. The Labute approximate surface area is 261 Å². The van der Waals surface area contributed by atoms with Crippen LogP contribution in [0.1, 0.15) is 17.2 Å². The standard InChI is InChI=1S/C29H36O17/c1-40-15-3-10(4-16(41-2)20(15)34)26-17(7-12-13(33)5-11(32)6-14(12)42-26)43-29-27(24(38)22(36)19(9-31)45-29)46-28-25(39)23(37)21(35)18(8-30)44-28/h3-7,18-19,21-39H,8-9H2,1-2H3/p+1/t18-,19-,21-,22-,23+,24+,25-,26?,27-,28+,29-/m1/s1. The third-order valence-corrected chi connectivity index (χ3v) is 7.98. The van der Waals surface area contributed by atoms with E-state index in [1.807, 2.05) is 0 Å². The quantitative estimate of drug-likeness (QED) is 0.128. The van der Waals surface area contributed by atoms with Crippen molar-refractivity contribution in [3.8, 4) is 34.5 Å². The van der Waals surface area contributed by atoms with Gasteiger partial charge in [0, 0.05) is 12.1 Å². The second-order valence-corrected chi connectivity index (χ2v) is 10.9. The van der Waals surface area contributed by atoms with E-state index in [2.05, 4.69) is 4.74 Å². The molecule has 3 aliphatic heterocycles. The first-order valence-electron chi connectivity index (χ1n) is 14.1. The first kappa shape index (κ1) is 33.7. The number of aliphatic hydroxyl groups excluding tert-OH is 7. The molecule has 2 fully saturated rings. The van der Waals surface area contributed by atoms with Crippen molar-refractivity contribution in [2.75, 3.05) is 27.4 Å². The highest BCUT2D eigenvalue weighted by atomic mass is 16.8. The summed E-state index contributed by atoms with van der Waals surface area (Å²) in [6.07, 6.45) is -16.7. The van der Waals surface area contributed by atoms with Gasteiger partial charge in [-0.2, -0.15) is 0 Å². The zero-order valence-corrected chi connectivity index (χ0v) is 24.5. The highest BCUT2D eigenvalue weighted by Gasteiger charge is 2.52. The maximum Gasteiger partial charge on any atom is 0.270 e. The number of hydrogen-bond acceptors (Lipinski definition) is 16. The lowest BCUT2D eigenvalue weighted by molar-refractivity contribution is -0.364. The molecule has 0 bridgehead atoms. The van der Waals surface area contributed by atoms with E-state index >= 15 is 0 Å². The molecule has 2 saturated heterocycles. The number of aromatic hydroxyl groups is 4. The zero-order valence-electron chi connectivity index (χ0n) is 24.5. The van der Waals surface area contributed by atoms with E-state index in [0.29, 0.717) is 5.56 Å². The number of hydrogen-bond donors (Lipinski definition) is 10. The lowest BCUT2D eigenvalue weighted by Gasteiger charge is -2.46. The molecule has 0 amide bonds. The maximum atomic E-state index is 11.1. The number of rotatable bonds is 9. The smallest absolute Gasteiger partial charge is 0.270 e. The minimum atomic E-state index is -1.89. The Bertz CT molecular complexity index is 1390. The molecule has 3 heterocycles. The molecule has 2 aromatic rings. The van der Waals surface area contributed by atoms with Crippen LogP contribution in [0.15, 0.2) is 30.0 Å². The first-order valence-corrected chi connectivity index (χ1v) is 14.1. The van der Waals surface area contributed by atoms with Crippen LogP contribution in [-0.2, 0) is 18.9 Å². The second kappa shape index (κ2) is 13.6. The van der Waals surface area contributed by atoms with Gasteiger partial charge in [-0.25, -0.2) is 0 Å². The van der Waals surface area contributed by atoms with Crippen molar-refractivity contribution in [1.82, 2.24) is 0 Å². The van der Waals surface area contributed by atoms with Crippen LogP contribution in [0.2, 0.25) is 0 Å². The van der Waals surface area contributed by atoms with Gasteiger partial charge in [0.15, 0.2) is 29.7 Å². The number of phenolic OH excluding ortho intramolecular Hbond substituents is 3. The van der Waals surface area contributed by atoms with Gasteiger partial charge in [-0.05, 0) is 12.1 Å². The number of benzene rings is 2. The van der Waals surface area contributed by atoms with Crippen LogP contribution < -0.4 is 9.47 Å². The Morgan fingerprint density at radius 1 is 0.739 bits per heavy atom. The highest BCUT2D eigenvalue weighted by Crippen LogP contribution is 2.48. The van der Waals surface area contributed by atoms with E-state index < -0.39 is 80.7 Å². The van der Waals surface area contributed by atoms with Gasteiger partial charge in [0.05, 0.1) is 39.1 Å². The first-order chi connectivity index (χ1) is 21.9. The lowest BCUT2D eigenvalue weighted by atomic mass is 9.97. The molecule has 0 saturated carbocycles. The molecule has 0 radical (unpaired) electrons. The van der Waals surface area contributed by atoms with E-state index in [0.717, 1.165) is 6.07 Å². The monoisotopic (exact) mass is 657 g/mol. The van der Waals surface area contributed by atoms with Crippen molar-refractivity contribution in [1.29, 1.82) is 0 Å². The van der Waals surface area contributed by atoms with Crippen LogP contribution in [0.25, 0.3) is 6.08 Å². The fourth-order valence-corrected chi connectivity index (χ4v) is 5.46. The number of phenols is 3. The number of ether oxygens (including phenoxy) is 7. The van der Waals surface area contributed by atoms with Crippen molar-refractivity contribution >= 4 is 6.08 Å². The number of aliphatic hydroxyl groups is 8. The minimum absolute atomic E-state index is 0.00471. The molecule has 17 heteroatoms. The zero-order chi connectivity index (χ0) is 33.4. The van der Waals surface area contributed by atoms with Gasteiger partial charge in [0.25, 0.3) is 11.9 Å². The summed E-state index contributed by atoms with van der Waals surface area (Å²) in [7, 11) is 2.63. The Morgan fingerprint density at radius 3 is 1.91 bits per heavy atom. The van der Waals surface area contributed by atoms with Crippen molar-refractivity contribution in [3.05, 3.63) is 41.2 Å². The van der Waals surface area contributed by atoms with E-state index in [1.54, 1.807) is 0 Å². The molecule has 1 unspecified atom stereocenters. The SMILES string of the molecule is COc1cc(C2[OH+]c3cc(O)cc(O)c3C=C2O[C@@H]2O[C@H](CO)[C@@H](O)[C@H](O)[C@H]2O[C@@H]2O[C@H](CO)[C@@H](O)[C@H](O)[C@H]2O)cc(OC)c1O. The normalized spacial score (nSPS) is 34.2. The van der Waals surface area contributed by atoms with E-state index in [4.69, 9.17) is 28.4 Å². The van der Waals surface area contributed by atoms with Crippen LogP contribution in [0.3, 0.4) is 0 Å². The van der Waals surface area contributed by atoms with Crippen LogP contribution in [0.5, 0.6) is 34.5 Å². The fraction of sp³-hybridized carbons (Fsp3) is 0.517. The topological polar surface area (TPSA) is 270 Å². The van der Waals surface area contributed by atoms with Crippen molar-refractivity contribution in [2.24, 2.45) is 0 Å². The summed E-state index contributed by atoms with van der Waals surface area (Å²) >= 11 is 0. The molecular formula is C29H37O17+. The van der Waals surface area contributed by atoms with Crippen LogP contribution in [0, 0.1) is 0 Å². The maximum absolute atomic E-state index is 11.1. The summed E-state index contributed by atoms with van der Waals surface area (Å²) in [6.45, 7) is -1.54. The van der Waals surface area contributed by atoms with Gasteiger partial charge in [-0.3, -0.25) is 0 Å². The molecule has 5 rings (SSSR count). The van der Waals surface area contributed by atoms with E-state index in [-0.39, 0.29) is 45.8 Å². The molecule has 2 aromatic carbocycles. The summed E-state index contributed by atoms with van der Waals surface area (Å²) in [5.41, 5.74) is 0.427. The van der Waals surface area contributed by atoms with Crippen LogP contribution >= 0.6 is 0 Å². The van der Waals surface area contributed by atoms with Gasteiger partial charge >= 0.3 is 0 Å². The second-order valence-electron chi connectivity index (χ2n) is 10.9. The van der Waals surface area contributed by atoms with Gasteiger partial charge in [-0.15, -0.1) is 0 Å². The molecule has 0 spiro atoms. The fourth-order valence-electron chi connectivity index (χ4n) is 5.46. The summed E-state index contributed by atoms with van der Waals surface area (Å²) in [5.74, 6) is -0.891.